The molecule has 1 aromatic carbocycles. The molecule has 0 saturated carbocycles. The molecule has 1 unspecified atom stereocenters. The van der Waals surface area contributed by atoms with Gasteiger partial charge in [-0.3, -0.25) is 9.52 Å². The van der Waals surface area contributed by atoms with Crippen LogP contribution in [0.25, 0.3) is 0 Å². The van der Waals surface area contributed by atoms with E-state index >= 15 is 0 Å². The van der Waals surface area contributed by atoms with Crippen molar-refractivity contribution in [2.75, 3.05) is 16.3 Å². The van der Waals surface area contributed by atoms with Crippen LogP contribution in [-0.4, -0.2) is 26.6 Å². The molecule has 4 N–H and O–H groups in total. The van der Waals surface area contributed by atoms with Crippen LogP contribution < -0.4 is 15.8 Å². The molecule has 0 aliphatic heterocycles. The molecule has 0 spiro atoms. The summed E-state index contributed by atoms with van der Waals surface area (Å²) in [5.74, 6) is -0.205. The van der Waals surface area contributed by atoms with Crippen LogP contribution in [0.15, 0.2) is 24.3 Å². The molecule has 0 aromatic heterocycles. The summed E-state index contributed by atoms with van der Waals surface area (Å²) in [5.41, 5.74) is 6.73. The van der Waals surface area contributed by atoms with Crippen LogP contribution >= 0.6 is 0 Å². The van der Waals surface area contributed by atoms with Crippen LogP contribution in [0.5, 0.6) is 0 Å². The van der Waals surface area contributed by atoms with Gasteiger partial charge in [0.15, 0.2) is 0 Å². The number of benzene rings is 1. The smallest absolute Gasteiger partial charge is 0.241 e. The molecular formula is C13H21N3O3S. The molecule has 0 aliphatic carbocycles. The summed E-state index contributed by atoms with van der Waals surface area (Å²) in [4.78, 5) is 11.9. The Morgan fingerprint density at radius 1 is 1.35 bits per heavy atom. The van der Waals surface area contributed by atoms with E-state index in [-0.39, 0.29) is 11.8 Å². The van der Waals surface area contributed by atoms with Crippen LogP contribution in [0.2, 0.25) is 0 Å². The van der Waals surface area contributed by atoms with Crippen molar-refractivity contribution in [2.24, 2.45) is 11.7 Å². The van der Waals surface area contributed by atoms with Gasteiger partial charge in [-0.25, -0.2) is 8.42 Å². The van der Waals surface area contributed by atoms with Gasteiger partial charge < -0.3 is 11.1 Å². The van der Waals surface area contributed by atoms with Gasteiger partial charge in [0, 0.05) is 5.69 Å². The van der Waals surface area contributed by atoms with Crippen LogP contribution in [0.4, 0.5) is 11.4 Å². The number of nitrogens with one attached hydrogen (secondary N) is 2. The fourth-order valence-corrected chi connectivity index (χ4v) is 2.17. The van der Waals surface area contributed by atoms with E-state index in [1.807, 2.05) is 13.8 Å². The number of rotatable bonds is 6. The fourth-order valence-electron chi connectivity index (χ4n) is 1.61. The Kier molecular flexibility index (Phi) is 5.52. The molecule has 0 aliphatic rings. The molecule has 0 radical (unpaired) electrons. The predicted octanol–water partition coefficient (Wildman–Crippen LogP) is 1.37. The minimum absolute atomic E-state index is 0.0762. The van der Waals surface area contributed by atoms with E-state index in [2.05, 4.69) is 10.0 Å². The first-order valence-electron chi connectivity index (χ1n) is 6.37. The zero-order valence-corrected chi connectivity index (χ0v) is 12.7. The van der Waals surface area contributed by atoms with Gasteiger partial charge in [-0.2, -0.15) is 0 Å². The number of anilines is 2. The van der Waals surface area contributed by atoms with Crippen LogP contribution in [0.3, 0.4) is 0 Å². The third-order valence-electron chi connectivity index (χ3n) is 2.99. The molecule has 6 nitrogen and oxygen atoms in total. The van der Waals surface area contributed by atoms with Crippen molar-refractivity contribution in [3.05, 3.63) is 24.3 Å². The average Bonchev–Trinajstić information content (AvgIpc) is 2.35. The Balaban J connectivity index is 2.78. The molecule has 0 bridgehead atoms. The largest absolute Gasteiger partial charge is 0.325 e. The highest BCUT2D eigenvalue weighted by Crippen LogP contribution is 2.17. The normalized spacial score (nSPS) is 14.4. The second kappa shape index (κ2) is 6.71. The van der Waals surface area contributed by atoms with Gasteiger partial charge in [-0.05, 0) is 24.1 Å². The number of carbonyl (C=O) groups excluding carboxylic acids is 1. The Hall–Kier alpha value is -1.60. The van der Waals surface area contributed by atoms with Gasteiger partial charge in [0.2, 0.25) is 15.9 Å². The van der Waals surface area contributed by atoms with Crippen molar-refractivity contribution in [1.29, 1.82) is 0 Å². The third kappa shape index (κ3) is 5.18. The molecule has 0 fully saturated rings. The van der Waals surface area contributed by atoms with Gasteiger partial charge >= 0.3 is 0 Å². The summed E-state index contributed by atoms with van der Waals surface area (Å²) in [5, 5.41) is 2.68. The van der Waals surface area contributed by atoms with E-state index in [1.165, 1.54) is 0 Å². The second-order valence-corrected chi connectivity index (χ2v) is 6.60. The van der Waals surface area contributed by atoms with Crippen molar-refractivity contribution in [1.82, 2.24) is 0 Å². The summed E-state index contributed by atoms with van der Waals surface area (Å²) in [6, 6.07) is 5.88. The Bertz CT molecular complexity index is 572. The summed E-state index contributed by atoms with van der Waals surface area (Å²) in [6.45, 7) is 3.88. The lowest BCUT2D eigenvalue weighted by atomic mass is 9.99. The lowest BCUT2D eigenvalue weighted by Gasteiger charge is -2.18. The number of amides is 1. The first-order valence-corrected chi connectivity index (χ1v) is 8.26. The van der Waals surface area contributed by atoms with Crippen molar-refractivity contribution in [3.8, 4) is 0 Å². The summed E-state index contributed by atoms with van der Waals surface area (Å²) >= 11 is 0. The van der Waals surface area contributed by atoms with Gasteiger partial charge in [-0.1, -0.05) is 26.3 Å². The van der Waals surface area contributed by atoms with Crippen LogP contribution in [0, 0.1) is 5.92 Å². The summed E-state index contributed by atoms with van der Waals surface area (Å²) in [7, 11) is -3.34. The van der Waals surface area contributed by atoms with E-state index in [9.17, 15) is 13.2 Å². The molecule has 0 heterocycles. The van der Waals surface area contributed by atoms with Crippen molar-refractivity contribution in [2.45, 2.75) is 26.3 Å². The number of hydrogen-bond donors (Lipinski definition) is 3. The minimum Gasteiger partial charge on any atom is -0.325 e. The van der Waals surface area contributed by atoms with Crippen LogP contribution in [-0.2, 0) is 14.8 Å². The molecule has 7 heteroatoms. The highest BCUT2D eigenvalue weighted by atomic mass is 32.2. The topological polar surface area (TPSA) is 101 Å². The van der Waals surface area contributed by atoms with Gasteiger partial charge in [0.1, 0.15) is 0 Å². The fraction of sp³-hybridized carbons (Fsp3) is 0.462. The average molecular weight is 299 g/mol. The van der Waals surface area contributed by atoms with Gasteiger partial charge in [0.05, 0.1) is 18.0 Å². The maximum Gasteiger partial charge on any atom is 0.241 e. The van der Waals surface area contributed by atoms with Crippen molar-refractivity contribution in [3.63, 3.8) is 0 Å². The highest BCUT2D eigenvalue weighted by molar-refractivity contribution is 7.92. The maximum absolute atomic E-state index is 11.9. The Labute approximate surface area is 119 Å². The van der Waals surface area contributed by atoms with E-state index in [1.54, 1.807) is 24.3 Å². The highest BCUT2D eigenvalue weighted by Gasteiger charge is 2.19. The lowest BCUT2D eigenvalue weighted by Crippen LogP contribution is -2.40. The first-order chi connectivity index (χ1) is 9.23. The molecule has 2 atom stereocenters. The van der Waals surface area contributed by atoms with E-state index in [4.69, 9.17) is 5.73 Å². The zero-order chi connectivity index (χ0) is 15.3. The molecule has 1 aromatic rings. The van der Waals surface area contributed by atoms with Gasteiger partial charge in [-0.15, -0.1) is 0 Å². The number of hydrogen-bond acceptors (Lipinski definition) is 4. The van der Waals surface area contributed by atoms with E-state index in [0.717, 1.165) is 12.7 Å². The van der Waals surface area contributed by atoms with E-state index < -0.39 is 16.1 Å². The lowest BCUT2D eigenvalue weighted by molar-refractivity contribution is -0.118. The van der Waals surface area contributed by atoms with Crippen LogP contribution in [0.1, 0.15) is 20.3 Å². The van der Waals surface area contributed by atoms with E-state index in [0.29, 0.717) is 11.4 Å². The number of carbonyl (C=O) groups is 1. The second-order valence-electron chi connectivity index (χ2n) is 4.86. The number of sulfonamides is 1. The Morgan fingerprint density at radius 3 is 2.50 bits per heavy atom. The molecule has 1 rings (SSSR count). The quantitative estimate of drug-likeness (QED) is 0.738. The monoisotopic (exact) mass is 299 g/mol. The zero-order valence-electron chi connectivity index (χ0n) is 11.9. The minimum atomic E-state index is -3.34. The molecular weight excluding hydrogens is 278 g/mol. The summed E-state index contributed by atoms with van der Waals surface area (Å²) in [6.07, 6.45) is 1.88. The SMILES string of the molecule is CCC(C)[C@H](N)C(=O)Nc1cccc(NS(C)(=O)=O)c1. The van der Waals surface area contributed by atoms with Crippen molar-refractivity contribution < 1.29 is 13.2 Å². The molecule has 112 valence electrons. The third-order valence-corrected chi connectivity index (χ3v) is 3.60. The number of nitrogens with two attached hydrogens (primary N) is 1. The Morgan fingerprint density at radius 2 is 1.95 bits per heavy atom. The maximum atomic E-state index is 11.9. The van der Waals surface area contributed by atoms with Crippen molar-refractivity contribution >= 4 is 27.3 Å². The standard InChI is InChI=1S/C13H21N3O3S/c1-4-9(2)12(14)13(17)15-10-6-5-7-11(8-10)16-20(3,18)19/h5-9,12,16H,4,14H2,1-3H3,(H,15,17)/t9?,12-/m0/s1. The summed E-state index contributed by atoms with van der Waals surface area (Å²) < 4.78 is 24.7. The molecule has 20 heavy (non-hydrogen) atoms. The first kappa shape index (κ1) is 16.5. The molecule has 0 saturated heterocycles. The van der Waals surface area contributed by atoms with Gasteiger partial charge in [0.25, 0.3) is 0 Å². The molecule has 1 amide bonds. The predicted molar refractivity (Wildman–Crippen MR) is 81.0 cm³/mol.